The van der Waals surface area contributed by atoms with Gasteiger partial charge < -0.3 is 4.57 Å². The van der Waals surface area contributed by atoms with Crippen LogP contribution in [0.5, 0.6) is 0 Å². The Balaban J connectivity index is 2.18. The van der Waals surface area contributed by atoms with E-state index in [0.29, 0.717) is 0 Å². The first-order valence-corrected chi connectivity index (χ1v) is 7.71. The Bertz CT molecular complexity index is 1010. The summed E-state index contributed by atoms with van der Waals surface area (Å²) < 4.78 is 2.33. The third-order valence-electron chi connectivity index (χ3n) is 4.73. The quantitative estimate of drug-likeness (QED) is 0.428. The second-order valence-corrected chi connectivity index (χ2v) is 6.03. The van der Waals surface area contributed by atoms with Crippen molar-refractivity contribution in [2.75, 3.05) is 0 Å². The van der Waals surface area contributed by atoms with Crippen LogP contribution >= 0.6 is 0 Å². The first-order valence-electron chi connectivity index (χ1n) is 7.71. The lowest BCUT2D eigenvalue weighted by Crippen LogP contribution is -1.94. The van der Waals surface area contributed by atoms with E-state index < -0.39 is 0 Å². The van der Waals surface area contributed by atoms with Gasteiger partial charge in [0.1, 0.15) is 0 Å². The molecular weight excluding hydrogens is 266 g/mol. The Morgan fingerprint density at radius 2 is 1.50 bits per heavy atom. The fourth-order valence-electron chi connectivity index (χ4n) is 3.65. The SMILES string of the molecule is Cc1ccccc1-c1c(C)c2c3ccccc3ccc2n1C. The monoisotopic (exact) mass is 285 g/mol. The van der Waals surface area contributed by atoms with Crippen LogP contribution in [-0.4, -0.2) is 4.57 Å². The van der Waals surface area contributed by atoms with Gasteiger partial charge >= 0.3 is 0 Å². The summed E-state index contributed by atoms with van der Waals surface area (Å²) in [5.74, 6) is 0. The average molecular weight is 285 g/mol. The number of hydrogen-bond acceptors (Lipinski definition) is 0. The van der Waals surface area contributed by atoms with Crippen LogP contribution in [0.3, 0.4) is 0 Å². The standard InChI is InChI=1S/C21H19N/c1-14-8-4-6-10-17(14)21-15(2)20-18-11-7-5-9-16(18)12-13-19(20)22(21)3/h4-13H,1-3H3. The summed E-state index contributed by atoms with van der Waals surface area (Å²) in [6.45, 7) is 4.43. The number of aromatic nitrogens is 1. The molecule has 1 aromatic heterocycles. The zero-order valence-electron chi connectivity index (χ0n) is 13.2. The van der Waals surface area contributed by atoms with Crippen LogP contribution in [0, 0.1) is 13.8 Å². The van der Waals surface area contributed by atoms with E-state index in [4.69, 9.17) is 0 Å². The Morgan fingerprint density at radius 3 is 2.32 bits per heavy atom. The van der Waals surface area contributed by atoms with Gasteiger partial charge in [-0.2, -0.15) is 0 Å². The number of rotatable bonds is 1. The van der Waals surface area contributed by atoms with Crippen molar-refractivity contribution < 1.29 is 0 Å². The van der Waals surface area contributed by atoms with Gasteiger partial charge in [-0.1, -0.05) is 54.6 Å². The van der Waals surface area contributed by atoms with Gasteiger partial charge in [-0.05, 0) is 41.8 Å². The fourth-order valence-corrected chi connectivity index (χ4v) is 3.65. The first kappa shape index (κ1) is 13.1. The van der Waals surface area contributed by atoms with Crippen LogP contribution < -0.4 is 0 Å². The Morgan fingerprint density at radius 1 is 0.773 bits per heavy atom. The highest BCUT2D eigenvalue weighted by Gasteiger charge is 2.16. The Kier molecular flexibility index (Phi) is 2.83. The molecule has 1 heteroatoms. The molecule has 0 aliphatic heterocycles. The molecule has 0 amide bonds. The molecule has 4 rings (SSSR count). The molecule has 1 nitrogen and oxygen atoms in total. The molecule has 0 radical (unpaired) electrons. The lowest BCUT2D eigenvalue weighted by Gasteiger charge is -2.09. The molecule has 4 aromatic rings. The van der Waals surface area contributed by atoms with Crippen molar-refractivity contribution in [1.29, 1.82) is 0 Å². The molecule has 0 saturated heterocycles. The molecule has 0 saturated carbocycles. The van der Waals surface area contributed by atoms with E-state index in [1.807, 2.05) is 0 Å². The molecule has 0 aliphatic rings. The number of fused-ring (bicyclic) bond motifs is 3. The van der Waals surface area contributed by atoms with E-state index in [1.165, 1.54) is 44.1 Å². The van der Waals surface area contributed by atoms with Gasteiger partial charge in [0, 0.05) is 23.5 Å². The second kappa shape index (κ2) is 4.74. The minimum absolute atomic E-state index is 1.30. The number of nitrogens with zero attached hydrogens (tertiary/aromatic N) is 1. The summed E-state index contributed by atoms with van der Waals surface area (Å²) in [6, 6.07) is 21.7. The highest BCUT2D eigenvalue weighted by Crippen LogP contribution is 2.37. The van der Waals surface area contributed by atoms with E-state index in [-0.39, 0.29) is 0 Å². The summed E-state index contributed by atoms with van der Waals surface area (Å²) in [5.41, 5.74) is 6.63. The van der Waals surface area contributed by atoms with Crippen molar-refractivity contribution in [2.45, 2.75) is 13.8 Å². The van der Waals surface area contributed by atoms with Gasteiger partial charge in [-0.25, -0.2) is 0 Å². The topological polar surface area (TPSA) is 4.93 Å². The zero-order valence-corrected chi connectivity index (χ0v) is 13.2. The van der Waals surface area contributed by atoms with E-state index in [9.17, 15) is 0 Å². The second-order valence-electron chi connectivity index (χ2n) is 6.03. The van der Waals surface area contributed by atoms with Gasteiger partial charge in [0.2, 0.25) is 0 Å². The van der Waals surface area contributed by atoms with Crippen LogP contribution in [0.4, 0.5) is 0 Å². The van der Waals surface area contributed by atoms with E-state index in [2.05, 4.69) is 86.1 Å². The average Bonchev–Trinajstić information content (AvgIpc) is 2.80. The highest BCUT2D eigenvalue weighted by molar-refractivity contribution is 6.10. The van der Waals surface area contributed by atoms with Crippen LogP contribution in [-0.2, 0) is 7.05 Å². The van der Waals surface area contributed by atoms with E-state index in [0.717, 1.165) is 0 Å². The molecule has 22 heavy (non-hydrogen) atoms. The number of benzene rings is 3. The van der Waals surface area contributed by atoms with E-state index in [1.54, 1.807) is 0 Å². The maximum Gasteiger partial charge on any atom is 0.0521 e. The number of aryl methyl sites for hydroxylation is 3. The molecule has 0 aliphatic carbocycles. The van der Waals surface area contributed by atoms with Gasteiger partial charge in [-0.3, -0.25) is 0 Å². The largest absolute Gasteiger partial charge is 0.343 e. The highest BCUT2D eigenvalue weighted by atomic mass is 14.9. The Hall–Kier alpha value is -2.54. The summed E-state index contributed by atoms with van der Waals surface area (Å²) in [4.78, 5) is 0. The van der Waals surface area contributed by atoms with Crippen molar-refractivity contribution in [1.82, 2.24) is 4.57 Å². The van der Waals surface area contributed by atoms with Crippen LogP contribution in [0.15, 0.2) is 60.7 Å². The molecular formula is C21H19N. The van der Waals surface area contributed by atoms with Gasteiger partial charge in [0.15, 0.2) is 0 Å². The number of hydrogen-bond donors (Lipinski definition) is 0. The molecule has 0 N–H and O–H groups in total. The predicted molar refractivity (Wildman–Crippen MR) is 95.3 cm³/mol. The minimum Gasteiger partial charge on any atom is -0.343 e. The predicted octanol–water partition coefficient (Wildman–Crippen LogP) is 5.62. The third-order valence-corrected chi connectivity index (χ3v) is 4.73. The molecule has 0 bridgehead atoms. The summed E-state index contributed by atoms with van der Waals surface area (Å²) in [6.07, 6.45) is 0. The molecule has 0 unspecified atom stereocenters. The van der Waals surface area contributed by atoms with Gasteiger partial charge in [-0.15, -0.1) is 0 Å². The normalized spacial score (nSPS) is 11.4. The lowest BCUT2D eigenvalue weighted by atomic mass is 9.99. The van der Waals surface area contributed by atoms with Crippen LogP contribution in [0.25, 0.3) is 32.9 Å². The van der Waals surface area contributed by atoms with Crippen molar-refractivity contribution in [3.8, 4) is 11.3 Å². The summed E-state index contributed by atoms with van der Waals surface area (Å²) in [7, 11) is 2.17. The van der Waals surface area contributed by atoms with Gasteiger partial charge in [0.05, 0.1) is 5.69 Å². The summed E-state index contributed by atoms with van der Waals surface area (Å²) >= 11 is 0. The molecule has 0 atom stereocenters. The maximum atomic E-state index is 2.33. The lowest BCUT2D eigenvalue weighted by molar-refractivity contribution is 0.972. The van der Waals surface area contributed by atoms with Gasteiger partial charge in [0.25, 0.3) is 0 Å². The Labute approximate surface area is 130 Å². The fraction of sp³-hybridized carbons (Fsp3) is 0.143. The van der Waals surface area contributed by atoms with E-state index >= 15 is 0 Å². The van der Waals surface area contributed by atoms with Crippen molar-refractivity contribution in [3.63, 3.8) is 0 Å². The van der Waals surface area contributed by atoms with Crippen LogP contribution in [0.1, 0.15) is 11.1 Å². The molecule has 0 spiro atoms. The maximum absolute atomic E-state index is 2.33. The zero-order chi connectivity index (χ0) is 15.3. The molecule has 1 heterocycles. The smallest absolute Gasteiger partial charge is 0.0521 e. The minimum atomic E-state index is 1.30. The van der Waals surface area contributed by atoms with Crippen LogP contribution in [0.2, 0.25) is 0 Å². The van der Waals surface area contributed by atoms with Crippen molar-refractivity contribution >= 4 is 21.7 Å². The molecule has 0 fully saturated rings. The molecule has 108 valence electrons. The summed E-state index contributed by atoms with van der Waals surface area (Å²) in [5, 5.41) is 4.02. The third kappa shape index (κ3) is 1.72. The van der Waals surface area contributed by atoms with Crippen molar-refractivity contribution in [3.05, 3.63) is 71.8 Å². The first-order chi connectivity index (χ1) is 10.7. The van der Waals surface area contributed by atoms with Crippen molar-refractivity contribution in [2.24, 2.45) is 7.05 Å². The molecule has 3 aromatic carbocycles.